The van der Waals surface area contributed by atoms with Gasteiger partial charge in [-0.2, -0.15) is 0 Å². The van der Waals surface area contributed by atoms with Crippen molar-refractivity contribution in [2.24, 2.45) is 0 Å². The zero-order valence-electron chi connectivity index (χ0n) is 17.6. The molecule has 1 amide bonds. The number of likely N-dealkylation sites (N-methyl/N-ethyl adjacent to an activating group) is 1. The van der Waals surface area contributed by atoms with Crippen molar-refractivity contribution in [2.75, 3.05) is 56.7 Å². The number of fused-ring (bicyclic) bond motifs is 1. The second-order valence-electron chi connectivity index (χ2n) is 7.91. The van der Waals surface area contributed by atoms with Gasteiger partial charge in [0.1, 0.15) is 13.2 Å². The average Bonchev–Trinajstić information content (AvgIpc) is 2.79. The van der Waals surface area contributed by atoms with Gasteiger partial charge in [0.2, 0.25) is 0 Å². The average molecular weight is 413 g/mol. The van der Waals surface area contributed by atoms with E-state index in [-0.39, 0.29) is 18.1 Å². The fourth-order valence-corrected chi connectivity index (χ4v) is 3.75. The van der Waals surface area contributed by atoms with E-state index < -0.39 is 0 Å². The van der Waals surface area contributed by atoms with Crippen molar-refractivity contribution < 1.29 is 23.9 Å². The number of rotatable bonds is 6. The first-order valence-corrected chi connectivity index (χ1v) is 10.5. The van der Waals surface area contributed by atoms with Gasteiger partial charge in [0.25, 0.3) is 5.91 Å². The van der Waals surface area contributed by atoms with Gasteiger partial charge < -0.3 is 29.3 Å². The smallest absolute Gasteiger partial charge is 0.282 e. The van der Waals surface area contributed by atoms with Crippen LogP contribution < -0.4 is 24.6 Å². The summed E-state index contributed by atoms with van der Waals surface area (Å²) in [5.41, 5.74) is 1.96. The van der Waals surface area contributed by atoms with E-state index in [9.17, 15) is 4.79 Å². The summed E-state index contributed by atoms with van der Waals surface area (Å²) >= 11 is 0. The summed E-state index contributed by atoms with van der Waals surface area (Å²) in [5.74, 6) is 1.53. The number of hydrogen-bond acceptors (Lipinski definition) is 5. The molecule has 0 saturated carbocycles. The van der Waals surface area contributed by atoms with Crippen molar-refractivity contribution in [3.05, 3.63) is 48.5 Å². The van der Waals surface area contributed by atoms with Gasteiger partial charge in [-0.25, -0.2) is 0 Å². The van der Waals surface area contributed by atoms with Gasteiger partial charge in [-0.05, 0) is 43.3 Å². The molecule has 7 nitrogen and oxygen atoms in total. The fourth-order valence-electron chi connectivity index (χ4n) is 3.75. The van der Waals surface area contributed by atoms with Gasteiger partial charge in [-0.1, -0.05) is 12.1 Å². The Balaban J connectivity index is 1.29. The monoisotopic (exact) mass is 412 g/mol. The largest absolute Gasteiger partial charge is 0.486 e. The van der Waals surface area contributed by atoms with Crippen molar-refractivity contribution in [1.82, 2.24) is 0 Å². The second-order valence-corrected chi connectivity index (χ2v) is 7.91. The first kappa shape index (κ1) is 20.5. The Morgan fingerprint density at radius 3 is 2.57 bits per heavy atom. The molecule has 1 fully saturated rings. The lowest BCUT2D eigenvalue weighted by atomic mass is 10.2. The molecule has 0 spiro atoms. The molecule has 2 aromatic carbocycles. The number of anilines is 2. The van der Waals surface area contributed by atoms with Crippen LogP contribution in [0.2, 0.25) is 0 Å². The molecule has 2 aliphatic rings. The van der Waals surface area contributed by atoms with Crippen molar-refractivity contribution >= 4 is 17.3 Å². The maximum absolute atomic E-state index is 12.7. The molecule has 0 aromatic heterocycles. The van der Waals surface area contributed by atoms with Crippen LogP contribution in [0.4, 0.5) is 11.4 Å². The SMILES string of the molecule is C[C@H](C(=O)Nc1ccc(N2CCOCC2)cc1)[NH+](C)C[C@@H]1COc2ccccc2O1. The minimum Gasteiger partial charge on any atom is -0.486 e. The summed E-state index contributed by atoms with van der Waals surface area (Å²) in [6, 6.07) is 15.5. The summed E-state index contributed by atoms with van der Waals surface area (Å²) in [6.07, 6.45) is -0.0806. The number of para-hydroxylation sites is 2. The third-order valence-corrected chi connectivity index (χ3v) is 5.76. The third kappa shape index (κ3) is 4.86. The number of hydrogen-bond donors (Lipinski definition) is 2. The molecule has 4 rings (SSSR count). The van der Waals surface area contributed by atoms with E-state index in [4.69, 9.17) is 14.2 Å². The van der Waals surface area contributed by atoms with Crippen LogP contribution >= 0.6 is 0 Å². The molecule has 2 aromatic rings. The number of ether oxygens (including phenoxy) is 3. The van der Waals surface area contributed by atoms with Crippen LogP contribution in [0.15, 0.2) is 48.5 Å². The minimum atomic E-state index is -0.218. The van der Waals surface area contributed by atoms with Crippen LogP contribution in [0.5, 0.6) is 11.5 Å². The van der Waals surface area contributed by atoms with E-state index >= 15 is 0 Å². The predicted molar refractivity (Wildman–Crippen MR) is 116 cm³/mol. The van der Waals surface area contributed by atoms with E-state index in [1.54, 1.807) is 0 Å². The first-order valence-electron chi connectivity index (χ1n) is 10.5. The lowest BCUT2D eigenvalue weighted by Crippen LogP contribution is -3.15. The molecular formula is C23H30N3O4+. The number of nitrogens with one attached hydrogen (secondary N) is 2. The van der Waals surface area contributed by atoms with Crippen molar-refractivity contribution in [3.63, 3.8) is 0 Å². The number of carbonyl (C=O) groups excluding carboxylic acids is 1. The molecule has 30 heavy (non-hydrogen) atoms. The third-order valence-electron chi connectivity index (χ3n) is 5.76. The Morgan fingerprint density at radius 1 is 1.13 bits per heavy atom. The molecule has 2 heterocycles. The Hall–Kier alpha value is -2.77. The number of carbonyl (C=O) groups is 1. The highest BCUT2D eigenvalue weighted by Gasteiger charge is 2.29. The Labute approximate surface area is 177 Å². The van der Waals surface area contributed by atoms with Crippen molar-refractivity contribution in [3.8, 4) is 11.5 Å². The van der Waals surface area contributed by atoms with Crippen LogP contribution in [-0.2, 0) is 9.53 Å². The molecular weight excluding hydrogens is 382 g/mol. The molecule has 0 bridgehead atoms. The summed E-state index contributed by atoms with van der Waals surface area (Å²) in [5, 5.41) is 3.03. The van der Waals surface area contributed by atoms with Crippen LogP contribution in [-0.4, -0.2) is 64.6 Å². The Morgan fingerprint density at radius 2 is 1.83 bits per heavy atom. The van der Waals surface area contributed by atoms with E-state index in [2.05, 4.69) is 10.2 Å². The first-order chi connectivity index (χ1) is 14.6. The normalized spacial score (nSPS) is 20.3. The van der Waals surface area contributed by atoms with Crippen LogP contribution in [0.25, 0.3) is 0 Å². The maximum atomic E-state index is 12.7. The highest BCUT2D eigenvalue weighted by atomic mass is 16.6. The number of morpholine rings is 1. The van der Waals surface area contributed by atoms with Gasteiger partial charge in [0.15, 0.2) is 23.6 Å². The number of nitrogens with zero attached hydrogens (tertiary/aromatic N) is 1. The quantitative estimate of drug-likeness (QED) is 0.747. The Kier molecular flexibility index (Phi) is 6.40. The summed E-state index contributed by atoms with van der Waals surface area (Å²) in [4.78, 5) is 16.1. The Bertz CT molecular complexity index is 852. The molecule has 2 aliphatic heterocycles. The van der Waals surface area contributed by atoms with Crippen LogP contribution in [0.1, 0.15) is 6.92 Å². The molecule has 160 valence electrons. The van der Waals surface area contributed by atoms with Crippen molar-refractivity contribution in [2.45, 2.75) is 19.1 Å². The van der Waals surface area contributed by atoms with Crippen LogP contribution in [0, 0.1) is 0 Å². The zero-order valence-corrected chi connectivity index (χ0v) is 17.6. The van der Waals surface area contributed by atoms with E-state index in [1.807, 2.05) is 62.5 Å². The van der Waals surface area contributed by atoms with Gasteiger partial charge >= 0.3 is 0 Å². The number of benzene rings is 2. The van der Waals surface area contributed by atoms with Crippen molar-refractivity contribution in [1.29, 1.82) is 0 Å². The molecule has 1 saturated heterocycles. The number of quaternary nitrogens is 1. The lowest BCUT2D eigenvalue weighted by molar-refractivity contribution is -0.896. The zero-order chi connectivity index (χ0) is 20.9. The number of amides is 1. The molecule has 0 aliphatic carbocycles. The van der Waals surface area contributed by atoms with Gasteiger partial charge in [0.05, 0.1) is 20.3 Å². The highest BCUT2D eigenvalue weighted by Crippen LogP contribution is 2.30. The van der Waals surface area contributed by atoms with Gasteiger partial charge in [0, 0.05) is 24.5 Å². The molecule has 1 unspecified atom stereocenters. The molecule has 7 heteroatoms. The topological polar surface area (TPSA) is 64.5 Å². The van der Waals surface area contributed by atoms with Crippen LogP contribution in [0.3, 0.4) is 0 Å². The van der Waals surface area contributed by atoms with Gasteiger partial charge in [-0.3, -0.25) is 4.79 Å². The highest BCUT2D eigenvalue weighted by molar-refractivity contribution is 5.93. The van der Waals surface area contributed by atoms with E-state index in [1.165, 1.54) is 0 Å². The molecule has 2 N–H and O–H groups in total. The lowest BCUT2D eigenvalue weighted by Gasteiger charge is -2.30. The maximum Gasteiger partial charge on any atom is 0.282 e. The second kappa shape index (κ2) is 9.36. The standard InChI is InChI=1S/C23H29N3O4/c1-17(25(2)15-20-16-29-21-5-3-4-6-22(21)30-20)23(27)24-18-7-9-19(10-8-18)26-11-13-28-14-12-26/h3-10,17,20H,11-16H2,1-2H3,(H,24,27)/p+1/t17-,20-/m1/s1. The van der Waals surface area contributed by atoms with Gasteiger partial charge in [-0.15, -0.1) is 0 Å². The molecule has 0 radical (unpaired) electrons. The van der Waals surface area contributed by atoms with E-state index in [0.717, 1.165) is 54.1 Å². The van der Waals surface area contributed by atoms with E-state index in [0.29, 0.717) is 13.2 Å². The summed E-state index contributed by atoms with van der Waals surface area (Å²) in [6.45, 7) is 6.41. The summed E-state index contributed by atoms with van der Waals surface area (Å²) < 4.78 is 17.2. The predicted octanol–water partition coefficient (Wildman–Crippen LogP) is 1.20. The molecule has 3 atom stereocenters. The fraction of sp³-hybridized carbons (Fsp3) is 0.435. The summed E-state index contributed by atoms with van der Waals surface area (Å²) in [7, 11) is 2.01. The minimum absolute atomic E-state index is 0.0104.